The molecular formula is C15H21NO. The summed E-state index contributed by atoms with van der Waals surface area (Å²) >= 11 is 0. The van der Waals surface area contributed by atoms with Gasteiger partial charge in [-0.25, -0.2) is 0 Å². The lowest BCUT2D eigenvalue weighted by atomic mass is 10.00. The quantitative estimate of drug-likeness (QED) is 0.804. The van der Waals surface area contributed by atoms with Gasteiger partial charge in [0.25, 0.3) is 0 Å². The van der Waals surface area contributed by atoms with Crippen LogP contribution in [0.15, 0.2) is 18.2 Å². The Kier molecular flexibility index (Phi) is 4.20. The number of aryl methyl sites for hydroxylation is 1. The SMILES string of the molecule is C#CC(C)(C)NC(C)c1cc(C)ccc1OC. The molecule has 0 bridgehead atoms. The van der Waals surface area contributed by atoms with Crippen molar-refractivity contribution in [3.63, 3.8) is 0 Å². The van der Waals surface area contributed by atoms with Gasteiger partial charge in [0.1, 0.15) is 5.75 Å². The second-order valence-electron chi connectivity index (χ2n) is 4.88. The summed E-state index contributed by atoms with van der Waals surface area (Å²) in [6, 6.07) is 6.31. The first-order chi connectivity index (χ1) is 7.89. The largest absolute Gasteiger partial charge is 0.496 e. The van der Waals surface area contributed by atoms with Crippen molar-refractivity contribution in [2.24, 2.45) is 0 Å². The van der Waals surface area contributed by atoms with Crippen molar-refractivity contribution < 1.29 is 4.74 Å². The molecule has 0 radical (unpaired) electrons. The van der Waals surface area contributed by atoms with Crippen molar-refractivity contribution in [1.82, 2.24) is 5.32 Å². The fraction of sp³-hybridized carbons (Fsp3) is 0.467. The zero-order valence-electron chi connectivity index (χ0n) is 11.3. The van der Waals surface area contributed by atoms with Gasteiger partial charge in [0.2, 0.25) is 0 Å². The third kappa shape index (κ3) is 3.51. The molecule has 0 saturated heterocycles. The predicted molar refractivity (Wildman–Crippen MR) is 72.2 cm³/mol. The van der Waals surface area contributed by atoms with Crippen LogP contribution in [-0.2, 0) is 0 Å². The lowest BCUT2D eigenvalue weighted by Crippen LogP contribution is -2.39. The predicted octanol–water partition coefficient (Wildman–Crippen LogP) is 3.07. The average molecular weight is 231 g/mol. The number of nitrogens with one attached hydrogen (secondary N) is 1. The highest BCUT2D eigenvalue weighted by atomic mass is 16.5. The van der Waals surface area contributed by atoms with Crippen molar-refractivity contribution >= 4 is 0 Å². The summed E-state index contributed by atoms with van der Waals surface area (Å²) in [5, 5.41) is 3.41. The summed E-state index contributed by atoms with van der Waals surface area (Å²) in [5.74, 6) is 3.63. The minimum atomic E-state index is -0.325. The Balaban J connectivity index is 3.00. The van der Waals surface area contributed by atoms with E-state index in [-0.39, 0.29) is 11.6 Å². The van der Waals surface area contributed by atoms with E-state index in [2.05, 4.69) is 31.2 Å². The fourth-order valence-electron chi connectivity index (χ4n) is 1.85. The van der Waals surface area contributed by atoms with Crippen molar-refractivity contribution in [3.8, 4) is 18.1 Å². The van der Waals surface area contributed by atoms with E-state index < -0.39 is 0 Å². The normalized spacial score (nSPS) is 12.9. The highest BCUT2D eigenvalue weighted by molar-refractivity contribution is 5.39. The Hall–Kier alpha value is -1.46. The summed E-state index contributed by atoms with van der Waals surface area (Å²) in [7, 11) is 1.69. The molecule has 92 valence electrons. The maximum absolute atomic E-state index is 5.49. The monoisotopic (exact) mass is 231 g/mol. The maximum atomic E-state index is 5.49. The average Bonchev–Trinajstić information content (AvgIpc) is 2.28. The van der Waals surface area contributed by atoms with E-state index in [1.165, 1.54) is 5.56 Å². The number of hydrogen-bond acceptors (Lipinski definition) is 2. The van der Waals surface area contributed by atoms with E-state index in [0.717, 1.165) is 11.3 Å². The molecule has 1 aromatic carbocycles. The van der Waals surface area contributed by atoms with E-state index in [0.29, 0.717) is 0 Å². The first kappa shape index (κ1) is 13.6. The molecular weight excluding hydrogens is 210 g/mol. The Bertz CT molecular complexity index is 429. The first-order valence-corrected chi connectivity index (χ1v) is 5.79. The molecule has 1 unspecified atom stereocenters. The number of ether oxygens (including phenoxy) is 1. The maximum Gasteiger partial charge on any atom is 0.123 e. The Morgan fingerprint density at radius 1 is 1.41 bits per heavy atom. The smallest absolute Gasteiger partial charge is 0.123 e. The van der Waals surface area contributed by atoms with Crippen LogP contribution < -0.4 is 10.1 Å². The van der Waals surface area contributed by atoms with E-state index in [1.54, 1.807) is 7.11 Å². The molecule has 1 rings (SSSR count). The molecule has 17 heavy (non-hydrogen) atoms. The van der Waals surface area contributed by atoms with E-state index in [9.17, 15) is 0 Å². The van der Waals surface area contributed by atoms with Gasteiger partial charge in [0, 0.05) is 11.6 Å². The second kappa shape index (κ2) is 5.25. The van der Waals surface area contributed by atoms with Gasteiger partial charge in [-0.15, -0.1) is 6.42 Å². The number of hydrogen-bond donors (Lipinski definition) is 1. The molecule has 0 aliphatic heterocycles. The first-order valence-electron chi connectivity index (χ1n) is 5.79. The number of benzene rings is 1. The molecule has 0 spiro atoms. The van der Waals surface area contributed by atoms with Gasteiger partial charge in [0.05, 0.1) is 12.6 Å². The second-order valence-corrected chi connectivity index (χ2v) is 4.88. The van der Waals surface area contributed by atoms with Crippen LogP contribution in [0.4, 0.5) is 0 Å². The van der Waals surface area contributed by atoms with E-state index in [4.69, 9.17) is 11.2 Å². The standard InChI is InChI=1S/C15H21NO/c1-7-15(4,5)16-12(3)13-10-11(2)8-9-14(13)17-6/h1,8-10,12,16H,2-6H3. The van der Waals surface area contributed by atoms with Crippen LogP contribution in [0.1, 0.15) is 37.9 Å². The molecule has 0 saturated carbocycles. The summed E-state index contributed by atoms with van der Waals surface area (Å²) < 4.78 is 5.38. The van der Waals surface area contributed by atoms with Crippen LogP contribution in [0.5, 0.6) is 5.75 Å². The topological polar surface area (TPSA) is 21.3 Å². The van der Waals surface area contributed by atoms with Crippen molar-refractivity contribution in [3.05, 3.63) is 29.3 Å². The zero-order valence-corrected chi connectivity index (χ0v) is 11.3. The Labute approximate surface area is 104 Å². The number of rotatable bonds is 4. The van der Waals surface area contributed by atoms with Crippen molar-refractivity contribution in [2.75, 3.05) is 7.11 Å². The molecule has 2 heteroatoms. The summed E-state index contributed by atoms with van der Waals surface area (Å²) in [5.41, 5.74) is 2.03. The van der Waals surface area contributed by atoms with Gasteiger partial charge in [-0.1, -0.05) is 23.6 Å². The van der Waals surface area contributed by atoms with Crippen LogP contribution in [0.3, 0.4) is 0 Å². The van der Waals surface area contributed by atoms with Crippen LogP contribution in [-0.4, -0.2) is 12.6 Å². The van der Waals surface area contributed by atoms with Gasteiger partial charge in [-0.3, -0.25) is 5.32 Å². The van der Waals surface area contributed by atoms with Crippen LogP contribution in [0.2, 0.25) is 0 Å². The number of terminal acetylenes is 1. The van der Waals surface area contributed by atoms with Gasteiger partial charge in [-0.05, 0) is 33.8 Å². The zero-order chi connectivity index (χ0) is 13.1. The highest BCUT2D eigenvalue weighted by Gasteiger charge is 2.19. The molecule has 1 aromatic rings. The fourth-order valence-corrected chi connectivity index (χ4v) is 1.85. The molecule has 1 atom stereocenters. The molecule has 0 heterocycles. The summed E-state index contributed by atoms with van der Waals surface area (Å²) in [4.78, 5) is 0. The molecule has 0 fully saturated rings. The molecule has 0 aliphatic rings. The Morgan fingerprint density at radius 3 is 2.59 bits per heavy atom. The van der Waals surface area contributed by atoms with Gasteiger partial charge in [-0.2, -0.15) is 0 Å². The van der Waals surface area contributed by atoms with Crippen LogP contribution in [0, 0.1) is 19.3 Å². The molecule has 0 aliphatic carbocycles. The van der Waals surface area contributed by atoms with E-state index in [1.807, 2.05) is 26.0 Å². The molecule has 0 aromatic heterocycles. The third-order valence-corrected chi connectivity index (χ3v) is 2.79. The molecule has 0 amide bonds. The minimum Gasteiger partial charge on any atom is -0.496 e. The summed E-state index contributed by atoms with van der Waals surface area (Å²) in [6.45, 7) is 8.15. The highest BCUT2D eigenvalue weighted by Crippen LogP contribution is 2.27. The van der Waals surface area contributed by atoms with Gasteiger partial charge < -0.3 is 4.74 Å². The molecule has 1 N–H and O–H groups in total. The molecule has 2 nitrogen and oxygen atoms in total. The van der Waals surface area contributed by atoms with Gasteiger partial charge in [0.15, 0.2) is 0 Å². The van der Waals surface area contributed by atoms with Gasteiger partial charge >= 0.3 is 0 Å². The number of methoxy groups -OCH3 is 1. The summed E-state index contributed by atoms with van der Waals surface area (Å²) in [6.07, 6.45) is 5.49. The third-order valence-electron chi connectivity index (χ3n) is 2.79. The van der Waals surface area contributed by atoms with E-state index >= 15 is 0 Å². The minimum absolute atomic E-state index is 0.149. The lowest BCUT2D eigenvalue weighted by molar-refractivity contribution is 0.385. The van der Waals surface area contributed by atoms with Crippen molar-refractivity contribution in [2.45, 2.75) is 39.3 Å². The van der Waals surface area contributed by atoms with Crippen LogP contribution >= 0.6 is 0 Å². The Morgan fingerprint density at radius 2 is 2.06 bits per heavy atom. The van der Waals surface area contributed by atoms with Crippen LogP contribution in [0.25, 0.3) is 0 Å². The van der Waals surface area contributed by atoms with Crippen molar-refractivity contribution in [1.29, 1.82) is 0 Å². The lowest BCUT2D eigenvalue weighted by Gasteiger charge is -2.26.